The highest BCUT2D eigenvalue weighted by molar-refractivity contribution is 8.01. The van der Waals surface area contributed by atoms with E-state index in [-0.39, 0.29) is 28.3 Å². The van der Waals surface area contributed by atoms with Gasteiger partial charge in [0.1, 0.15) is 34.7 Å². The molecule has 17 heteroatoms. The molecule has 3 amide bonds. The van der Waals surface area contributed by atoms with Crippen LogP contribution in [-0.2, 0) is 24.0 Å². The summed E-state index contributed by atoms with van der Waals surface area (Å²) in [6.45, 7) is 1.78. The summed E-state index contributed by atoms with van der Waals surface area (Å²) in [6.07, 6.45) is 2.04. The largest absolute Gasteiger partial charge is 0.477 e. The van der Waals surface area contributed by atoms with Crippen molar-refractivity contribution in [3.63, 3.8) is 0 Å². The van der Waals surface area contributed by atoms with Crippen molar-refractivity contribution in [1.82, 2.24) is 24.6 Å². The summed E-state index contributed by atoms with van der Waals surface area (Å²) < 4.78 is 4.84. The summed E-state index contributed by atoms with van der Waals surface area (Å²) in [7, 11) is 0. The molecule has 0 aromatic carbocycles. The van der Waals surface area contributed by atoms with E-state index in [0.717, 1.165) is 28.5 Å². The number of thioether (sulfide) groups is 2. The van der Waals surface area contributed by atoms with Gasteiger partial charge in [-0.2, -0.15) is 4.37 Å². The van der Waals surface area contributed by atoms with Gasteiger partial charge in [0.25, 0.3) is 11.8 Å². The van der Waals surface area contributed by atoms with Crippen LogP contribution in [0.15, 0.2) is 26.1 Å². The van der Waals surface area contributed by atoms with Crippen LogP contribution in [0.3, 0.4) is 0 Å². The zero-order valence-corrected chi connectivity index (χ0v) is 22.3. The number of anilines is 1. The number of oxime groups is 1. The molecule has 194 valence electrons. The van der Waals surface area contributed by atoms with Crippen molar-refractivity contribution in [2.45, 2.75) is 41.6 Å². The number of nitrogens with zero attached hydrogens (tertiary/aromatic N) is 5. The number of aliphatic carboxylic acids is 1. The number of carbonyl (C=O) groups is 4. The van der Waals surface area contributed by atoms with E-state index in [9.17, 15) is 24.3 Å². The number of carboxylic acids is 1. The Balaban J connectivity index is 1.30. The number of carboxylic acid groups (broad SMARTS) is 1. The Morgan fingerprint density at radius 2 is 2.19 bits per heavy atom. The molecule has 2 aromatic heterocycles. The topological polar surface area (TPSA) is 176 Å². The molecular weight excluding hydrogens is 563 g/mol. The normalized spacial score (nSPS) is 21.3. The van der Waals surface area contributed by atoms with E-state index in [4.69, 9.17) is 4.84 Å². The Kier molecular flexibility index (Phi) is 7.45. The van der Waals surface area contributed by atoms with Gasteiger partial charge in [0.05, 0.1) is 0 Å². The van der Waals surface area contributed by atoms with Gasteiger partial charge in [0.15, 0.2) is 15.2 Å². The van der Waals surface area contributed by atoms with E-state index in [0.29, 0.717) is 29.3 Å². The van der Waals surface area contributed by atoms with Crippen molar-refractivity contribution in [2.24, 2.45) is 5.16 Å². The predicted molar refractivity (Wildman–Crippen MR) is 137 cm³/mol. The van der Waals surface area contributed by atoms with Gasteiger partial charge >= 0.3 is 5.97 Å². The summed E-state index contributed by atoms with van der Waals surface area (Å²) in [5.74, 6) is -1.03. The minimum Gasteiger partial charge on any atom is -0.477 e. The van der Waals surface area contributed by atoms with Gasteiger partial charge in [-0.25, -0.2) is 14.8 Å². The second-order valence-corrected chi connectivity index (χ2v) is 12.0. The van der Waals surface area contributed by atoms with Crippen LogP contribution in [0.2, 0.25) is 0 Å². The first-order valence-electron chi connectivity index (χ1n) is 10.9. The van der Waals surface area contributed by atoms with Crippen LogP contribution >= 0.6 is 46.4 Å². The van der Waals surface area contributed by atoms with Gasteiger partial charge in [-0.15, -0.1) is 23.1 Å². The second-order valence-electron chi connectivity index (χ2n) is 8.06. The fraction of sp³-hybridized carbons (Fsp3) is 0.400. The fourth-order valence-corrected chi connectivity index (χ4v) is 7.28. The van der Waals surface area contributed by atoms with Gasteiger partial charge in [-0.05, 0) is 36.9 Å². The van der Waals surface area contributed by atoms with Gasteiger partial charge in [-0.3, -0.25) is 19.3 Å². The highest BCUT2D eigenvalue weighted by Crippen LogP contribution is 2.41. The summed E-state index contributed by atoms with van der Waals surface area (Å²) in [6, 6.07) is -0.941. The number of rotatable bonds is 11. The Labute approximate surface area is 226 Å². The minimum atomic E-state index is -1.20. The smallest absolute Gasteiger partial charge is 0.352 e. The van der Waals surface area contributed by atoms with Crippen LogP contribution in [0.1, 0.15) is 24.4 Å². The standard InChI is InChI=1S/C20H19N7O6S4/c1-8-22-20(37-26-8)36-5-9-4-34-17-13(16(30)27(17)14(9)18(31)32)24-15(29)12(25-33-10-2-3-10)11-6-35-19(23-11)21-7-28/h6-7,10,13,17H,2-5H2,1H3,(H,24,29)(H,31,32)(H,21,23,28)/b25-12-/t13-,17-/m1/s1. The van der Waals surface area contributed by atoms with Crippen LogP contribution in [0.4, 0.5) is 5.13 Å². The van der Waals surface area contributed by atoms with E-state index in [1.165, 1.54) is 40.0 Å². The van der Waals surface area contributed by atoms with Crippen molar-refractivity contribution in [3.8, 4) is 0 Å². The molecular formula is C20H19N7O6S4. The third kappa shape index (κ3) is 5.48. The van der Waals surface area contributed by atoms with Gasteiger partial charge in [-0.1, -0.05) is 16.9 Å². The van der Waals surface area contributed by atoms with Crippen LogP contribution in [0.25, 0.3) is 0 Å². The minimum absolute atomic E-state index is 0.0666. The highest BCUT2D eigenvalue weighted by Gasteiger charge is 2.54. The van der Waals surface area contributed by atoms with Crippen molar-refractivity contribution >= 4 is 81.4 Å². The number of hydrogen-bond acceptors (Lipinski definition) is 13. The Morgan fingerprint density at radius 1 is 1.38 bits per heavy atom. The summed E-state index contributed by atoms with van der Waals surface area (Å²) in [5, 5.41) is 20.2. The zero-order chi connectivity index (χ0) is 26.1. The number of thiazole rings is 1. The molecule has 0 spiro atoms. The van der Waals surface area contributed by atoms with Crippen LogP contribution in [0.5, 0.6) is 0 Å². The number of nitrogens with one attached hydrogen (secondary N) is 2. The molecule has 13 nitrogen and oxygen atoms in total. The van der Waals surface area contributed by atoms with Crippen molar-refractivity contribution in [2.75, 3.05) is 16.8 Å². The van der Waals surface area contributed by atoms with Gasteiger partial charge < -0.3 is 20.6 Å². The Morgan fingerprint density at radius 3 is 2.86 bits per heavy atom. The first-order chi connectivity index (χ1) is 17.9. The molecule has 0 radical (unpaired) electrons. The van der Waals surface area contributed by atoms with Crippen molar-refractivity contribution in [3.05, 3.63) is 28.2 Å². The van der Waals surface area contributed by atoms with E-state index in [1.807, 2.05) is 0 Å². The SMILES string of the molecule is Cc1nsc(SCC2=C(C(=O)O)N3C(=O)[C@@H](NC(=O)/C(=N\OC4CC4)c4csc(NC=O)n4)[C@H]3SC2)n1. The summed E-state index contributed by atoms with van der Waals surface area (Å²) in [5.41, 5.74) is 0.586. The monoisotopic (exact) mass is 581 g/mol. The lowest BCUT2D eigenvalue weighted by Crippen LogP contribution is -2.71. The maximum atomic E-state index is 13.1. The van der Waals surface area contributed by atoms with Crippen LogP contribution in [-0.4, -0.2) is 83.3 Å². The summed E-state index contributed by atoms with van der Waals surface area (Å²) >= 11 is 5.08. The van der Waals surface area contributed by atoms with Crippen molar-refractivity contribution < 1.29 is 29.1 Å². The van der Waals surface area contributed by atoms with E-state index in [2.05, 4.69) is 30.1 Å². The Bertz CT molecular complexity index is 1320. The molecule has 1 aliphatic carbocycles. The van der Waals surface area contributed by atoms with Crippen LogP contribution < -0.4 is 10.6 Å². The lowest BCUT2D eigenvalue weighted by atomic mass is 10.0. The number of carbonyl (C=O) groups excluding carboxylic acids is 3. The third-order valence-corrected chi connectivity index (χ3v) is 9.50. The molecule has 3 aliphatic rings. The number of amides is 3. The molecule has 4 heterocycles. The van der Waals surface area contributed by atoms with E-state index >= 15 is 0 Å². The fourth-order valence-electron chi connectivity index (χ4n) is 3.49. The number of aromatic nitrogens is 3. The molecule has 1 saturated carbocycles. The molecule has 2 aliphatic heterocycles. The zero-order valence-electron chi connectivity index (χ0n) is 19.1. The molecule has 2 aromatic rings. The lowest BCUT2D eigenvalue weighted by Gasteiger charge is -2.49. The quantitative estimate of drug-likeness (QED) is 0.115. The molecule has 1 saturated heterocycles. The molecule has 0 unspecified atom stereocenters. The molecule has 2 atom stereocenters. The molecule has 5 rings (SSSR count). The number of fused-ring (bicyclic) bond motifs is 1. The summed E-state index contributed by atoms with van der Waals surface area (Å²) in [4.78, 5) is 64.0. The maximum Gasteiger partial charge on any atom is 0.352 e. The number of aryl methyl sites for hydroxylation is 1. The molecule has 37 heavy (non-hydrogen) atoms. The molecule has 3 N–H and O–H groups in total. The van der Waals surface area contributed by atoms with Crippen molar-refractivity contribution in [1.29, 1.82) is 0 Å². The van der Waals surface area contributed by atoms with Crippen LogP contribution in [0, 0.1) is 6.92 Å². The lowest BCUT2D eigenvalue weighted by molar-refractivity contribution is -0.150. The molecule has 2 fully saturated rings. The molecule has 0 bridgehead atoms. The first-order valence-corrected chi connectivity index (χ1v) is 14.6. The van der Waals surface area contributed by atoms with Gasteiger partial charge in [0, 0.05) is 16.9 Å². The predicted octanol–water partition coefficient (Wildman–Crippen LogP) is 1.29. The van der Waals surface area contributed by atoms with Gasteiger partial charge in [0.2, 0.25) is 6.41 Å². The van der Waals surface area contributed by atoms with E-state index in [1.54, 1.807) is 12.3 Å². The second kappa shape index (κ2) is 10.8. The average Bonchev–Trinajstić information content (AvgIpc) is 3.43. The Hall–Kier alpha value is -3.02. The first kappa shape index (κ1) is 25.6. The average molecular weight is 582 g/mol. The van der Waals surface area contributed by atoms with E-state index < -0.39 is 29.2 Å². The maximum absolute atomic E-state index is 13.1. The number of β-lactam (4-membered cyclic amide) rings is 1. The number of hydrogen-bond donors (Lipinski definition) is 3. The third-order valence-electron chi connectivity index (χ3n) is 5.38. The highest BCUT2D eigenvalue weighted by atomic mass is 32.2.